The predicted molar refractivity (Wildman–Crippen MR) is 75.8 cm³/mol. The number of hydrogen-bond acceptors (Lipinski definition) is 1. The maximum atomic E-state index is 3.54. The van der Waals surface area contributed by atoms with Crippen LogP contribution in [-0.4, -0.2) is 6.54 Å². The molecule has 1 aromatic carbocycles. The third-order valence-corrected chi connectivity index (χ3v) is 4.16. The summed E-state index contributed by atoms with van der Waals surface area (Å²) in [4.78, 5) is 0. The summed E-state index contributed by atoms with van der Waals surface area (Å²) in [7, 11) is 0. The van der Waals surface area contributed by atoms with E-state index in [1.807, 2.05) is 0 Å². The van der Waals surface area contributed by atoms with Crippen LogP contribution >= 0.6 is 0 Å². The van der Waals surface area contributed by atoms with Gasteiger partial charge in [-0.3, -0.25) is 0 Å². The van der Waals surface area contributed by atoms with Gasteiger partial charge in [0.05, 0.1) is 0 Å². The average molecular weight is 231 g/mol. The van der Waals surface area contributed by atoms with E-state index in [2.05, 4.69) is 58.1 Å². The highest BCUT2D eigenvalue weighted by atomic mass is 14.9. The van der Waals surface area contributed by atoms with E-state index in [1.165, 1.54) is 23.2 Å². The quantitative estimate of drug-likeness (QED) is 0.788. The molecular formula is C16H25N. The minimum absolute atomic E-state index is 0.248. The highest BCUT2D eigenvalue weighted by Gasteiger charge is 2.27. The molecule has 0 radical (unpaired) electrons. The van der Waals surface area contributed by atoms with Gasteiger partial charge in [-0.25, -0.2) is 0 Å². The fourth-order valence-corrected chi connectivity index (χ4v) is 2.62. The topological polar surface area (TPSA) is 12.0 Å². The van der Waals surface area contributed by atoms with Crippen LogP contribution in [0.3, 0.4) is 0 Å². The molecule has 94 valence electrons. The van der Waals surface area contributed by atoms with E-state index in [4.69, 9.17) is 0 Å². The van der Waals surface area contributed by atoms with Crippen LogP contribution in [-0.2, 0) is 5.41 Å². The average Bonchev–Trinajstić information content (AvgIpc) is 2.69. The molecule has 2 unspecified atom stereocenters. The number of anilines is 1. The molecule has 0 saturated heterocycles. The molecule has 1 aromatic rings. The Morgan fingerprint density at radius 1 is 1.35 bits per heavy atom. The lowest BCUT2D eigenvalue weighted by molar-refractivity contribution is 0.471. The molecule has 1 aliphatic rings. The highest BCUT2D eigenvalue weighted by molar-refractivity contribution is 5.59. The molecule has 0 aromatic heterocycles. The Hall–Kier alpha value is -0.980. The molecule has 1 aliphatic heterocycles. The van der Waals surface area contributed by atoms with E-state index < -0.39 is 0 Å². The molecule has 0 fully saturated rings. The van der Waals surface area contributed by atoms with Crippen molar-refractivity contribution < 1.29 is 0 Å². The second-order valence-corrected chi connectivity index (χ2v) is 6.42. The summed E-state index contributed by atoms with van der Waals surface area (Å²) in [6.45, 7) is 12.6. The summed E-state index contributed by atoms with van der Waals surface area (Å²) in [6, 6.07) is 6.95. The Bertz CT molecular complexity index is 400. The molecule has 2 rings (SSSR count). The van der Waals surface area contributed by atoms with Gasteiger partial charge in [-0.1, -0.05) is 53.2 Å². The van der Waals surface area contributed by atoms with Crippen molar-refractivity contribution in [1.29, 1.82) is 0 Å². The van der Waals surface area contributed by atoms with Crippen molar-refractivity contribution in [1.82, 2.24) is 0 Å². The third kappa shape index (κ3) is 2.34. The highest BCUT2D eigenvalue weighted by Crippen LogP contribution is 2.39. The number of fused-ring (bicyclic) bond motifs is 1. The van der Waals surface area contributed by atoms with E-state index >= 15 is 0 Å². The SMILES string of the molecule is CCC(C)C1CNc2ccc(C(C)(C)C)cc21. The van der Waals surface area contributed by atoms with Crippen LogP contribution in [0.5, 0.6) is 0 Å². The monoisotopic (exact) mass is 231 g/mol. The van der Waals surface area contributed by atoms with Gasteiger partial charge in [0, 0.05) is 18.2 Å². The summed E-state index contributed by atoms with van der Waals surface area (Å²) >= 11 is 0. The first-order valence-corrected chi connectivity index (χ1v) is 6.81. The van der Waals surface area contributed by atoms with Crippen LogP contribution in [0, 0.1) is 5.92 Å². The van der Waals surface area contributed by atoms with E-state index in [-0.39, 0.29) is 5.41 Å². The minimum Gasteiger partial charge on any atom is -0.384 e. The largest absolute Gasteiger partial charge is 0.384 e. The minimum atomic E-state index is 0.248. The van der Waals surface area contributed by atoms with E-state index in [0.29, 0.717) is 5.92 Å². The summed E-state index contributed by atoms with van der Waals surface area (Å²) in [5.74, 6) is 1.45. The first-order valence-electron chi connectivity index (χ1n) is 6.81. The molecule has 17 heavy (non-hydrogen) atoms. The fraction of sp³-hybridized carbons (Fsp3) is 0.625. The first kappa shape index (κ1) is 12.5. The van der Waals surface area contributed by atoms with Crippen molar-refractivity contribution in [3.8, 4) is 0 Å². The van der Waals surface area contributed by atoms with Gasteiger partial charge in [-0.2, -0.15) is 0 Å². The van der Waals surface area contributed by atoms with Crippen LogP contribution in [0.4, 0.5) is 5.69 Å². The Morgan fingerprint density at radius 3 is 2.65 bits per heavy atom. The maximum absolute atomic E-state index is 3.54. The van der Waals surface area contributed by atoms with E-state index in [9.17, 15) is 0 Å². The zero-order chi connectivity index (χ0) is 12.6. The lowest BCUT2D eigenvalue weighted by atomic mass is 9.82. The van der Waals surface area contributed by atoms with Crippen LogP contribution in [0.2, 0.25) is 0 Å². The summed E-state index contributed by atoms with van der Waals surface area (Å²) in [6.07, 6.45) is 1.26. The standard InChI is InChI=1S/C16H25N/c1-6-11(2)14-10-17-15-8-7-12(9-13(14)15)16(3,4)5/h7-9,11,14,17H,6,10H2,1-5H3. The summed E-state index contributed by atoms with van der Waals surface area (Å²) in [5, 5.41) is 3.54. The maximum Gasteiger partial charge on any atom is 0.0376 e. The van der Waals surface area contributed by atoms with Gasteiger partial charge in [-0.05, 0) is 28.5 Å². The zero-order valence-corrected chi connectivity index (χ0v) is 11.8. The van der Waals surface area contributed by atoms with Crippen molar-refractivity contribution in [2.24, 2.45) is 5.92 Å². The lowest BCUT2D eigenvalue weighted by Gasteiger charge is -2.22. The van der Waals surface area contributed by atoms with Gasteiger partial charge >= 0.3 is 0 Å². The summed E-state index contributed by atoms with van der Waals surface area (Å²) < 4.78 is 0. The fourth-order valence-electron chi connectivity index (χ4n) is 2.62. The first-order chi connectivity index (χ1) is 7.93. The molecule has 0 saturated carbocycles. The van der Waals surface area contributed by atoms with E-state index in [0.717, 1.165) is 12.5 Å². The molecule has 1 nitrogen and oxygen atoms in total. The number of hydrogen-bond donors (Lipinski definition) is 1. The third-order valence-electron chi connectivity index (χ3n) is 4.16. The van der Waals surface area contributed by atoms with Gasteiger partial charge < -0.3 is 5.32 Å². The second kappa shape index (κ2) is 4.36. The Kier molecular flexibility index (Phi) is 3.20. The van der Waals surface area contributed by atoms with Gasteiger partial charge in [0.15, 0.2) is 0 Å². The van der Waals surface area contributed by atoms with Gasteiger partial charge in [0.25, 0.3) is 0 Å². The van der Waals surface area contributed by atoms with Crippen molar-refractivity contribution in [2.45, 2.75) is 52.4 Å². The van der Waals surface area contributed by atoms with Gasteiger partial charge in [-0.15, -0.1) is 0 Å². The normalized spacial score (nSPS) is 20.9. The lowest BCUT2D eigenvalue weighted by Crippen LogP contribution is -2.13. The Morgan fingerprint density at radius 2 is 2.06 bits per heavy atom. The number of nitrogens with one attached hydrogen (secondary N) is 1. The smallest absolute Gasteiger partial charge is 0.0376 e. The van der Waals surface area contributed by atoms with Crippen molar-refractivity contribution in [3.05, 3.63) is 29.3 Å². The number of benzene rings is 1. The molecule has 0 amide bonds. The predicted octanol–water partition coefficient (Wildman–Crippen LogP) is 4.54. The van der Waals surface area contributed by atoms with Crippen molar-refractivity contribution >= 4 is 5.69 Å². The summed E-state index contributed by atoms with van der Waals surface area (Å²) in [5.41, 5.74) is 4.58. The molecular weight excluding hydrogens is 206 g/mol. The second-order valence-electron chi connectivity index (χ2n) is 6.42. The number of rotatable bonds is 2. The molecule has 0 spiro atoms. The molecule has 1 heterocycles. The van der Waals surface area contributed by atoms with Crippen LogP contribution in [0.1, 0.15) is 58.1 Å². The van der Waals surface area contributed by atoms with Crippen molar-refractivity contribution in [2.75, 3.05) is 11.9 Å². The van der Waals surface area contributed by atoms with Gasteiger partial charge in [0.2, 0.25) is 0 Å². The molecule has 2 atom stereocenters. The van der Waals surface area contributed by atoms with Gasteiger partial charge in [0.1, 0.15) is 0 Å². The molecule has 0 aliphatic carbocycles. The van der Waals surface area contributed by atoms with Crippen LogP contribution < -0.4 is 5.32 Å². The Balaban J connectivity index is 2.37. The van der Waals surface area contributed by atoms with Crippen LogP contribution in [0.15, 0.2) is 18.2 Å². The molecule has 1 heteroatoms. The molecule has 0 bridgehead atoms. The van der Waals surface area contributed by atoms with E-state index in [1.54, 1.807) is 0 Å². The Labute approximate surface area is 106 Å². The van der Waals surface area contributed by atoms with Crippen molar-refractivity contribution in [3.63, 3.8) is 0 Å². The molecule has 1 N–H and O–H groups in total. The van der Waals surface area contributed by atoms with Crippen LogP contribution in [0.25, 0.3) is 0 Å². The zero-order valence-electron chi connectivity index (χ0n) is 11.8.